The molecule has 1 rings (SSSR count). The molecule has 0 aromatic rings. The fourth-order valence-corrected chi connectivity index (χ4v) is 1.51. The van der Waals surface area contributed by atoms with E-state index >= 15 is 0 Å². The first-order valence-corrected chi connectivity index (χ1v) is 4.74. The predicted octanol–water partition coefficient (Wildman–Crippen LogP) is 2.52. The summed E-state index contributed by atoms with van der Waals surface area (Å²) in [5.74, 6) is 0.669. The molecule has 1 unspecified atom stereocenters. The molecule has 0 amide bonds. The van der Waals surface area contributed by atoms with Crippen LogP contribution in [0.15, 0.2) is 0 Å². The van der Waals surface area contributed by atoms with Crippen LogP contribution in [0.2, 0.25) is 0 Å². The summed E-state index contributed by atoms with van der Waals surface area (Å²) in [6.45, 7) is 6.43. The van der Waals surface area contributed by atoms with Crippen LogP contribution in [0.1, 0.15) is 46.5 Å². The molecule has 1 aliphatic heterocycles. The van der Waals surface area contributed by atoms with Gasteiger partial charge in [0.2, 0.25) is 0 Å². The predicted molar refractivity (Wildman–Crippen MR) is 47.8 cm³/mol. The van der Waals surface area contributed by atoms with Gasteiger partial charge in [0.1, 0.15) is 5.60 Å². The second-order valence-electron chi connectivity index (χ2n) is 4.36. The molecule has 0 N–H and O–H groups in total. The molecule has 0 saturated carbocycles. The molecule has 0 aromatic heterocycles. The van der Waals surface area contributed by atoms with Crippen molar-refractivity contribution in [3.8, 4) is 0 Å². The third-order valence-corrected chi connectivity index (χ3v) is 2.47. The maximum absolute atomic E-state index is 10.9. The van der Waals surface area contributed by atoms with Crippen LogP contribution in [0.5, 0.6) is 0 Å². The number of carbonyl (C=O) groups is 1. The first-order chi connectivity index (χ1) is 5.52. The van der Waals surface area contributed by atoms with Crippen LogP contribution in [0.25, 0.3) is 0 Å². The van der Waals surface area contributed by atoms with Crippen molar-refractivity contribution < 1.29 is 9.53 Å². The molecule has 70 valence electrons. The maximum atomic E-state index is 10.9. The minimum absolute atomic E-state index is 0.0266. The number of rotatable bonds is 3. The number of ether oxygens (including phenoxy) is 1. The molecule has 0 bridgehead atoms. The highest BCUT2D eigenvalue weighted by Gasteiger charge is 2.35. The Kier molecular flexibility index (Phi) is 2.76. The SMILES string of the molecule is CC(C)CCC1(C)CCC(=O)O1. The normalized spacial score (nSPS) is 29.5. The highest BCUT2D eigenvalue weighted by atomic mass is 16.6. The van der Waals surface area contributed by atoms with Crippen LogP contribution in [-0.2, 0) is 9.53 Å². The summed E-state index contributed by atoms with van der Waals surface area (Å²) in [5, 5.41) is 0. The van der Waals surface area contributed by atoms with E-state index in [1.165, 1.54) is 0 Å². The Morgan fingerprint density at radius 3 is 2.67 bits per heavy atom. The van der Waals surface area contributed by atoms with E-state index in [9.17, 15) is 4.79 Å². The molecule has 2 nitrogen and oxygen atoms in total. The zero-order valence-corrected chi connectivity index (χ0v) is 8.22. The van der Waals surface area contributed by atoms with Gasteiger partial charge in [0, 0.05) is 6.42 Å². The van der Waals surface area contributed by atoms with E-state index in [2.05, 4.69) is 13.8 Å². The molecule has 0 aliphatic carbocycles. The third kappa shape index (κ3) is 2.50. The van der Waals surface area contributed by atoms with Crippen LogP contribution in [0.3, 0.4) is 0 Å². The van der Waals surface area contributed by atoms with Crippen LogP contribution in [0.4, 0.5) is 0 Å². The molecule has 1 heterocycles. The fourth-order valence-electron chi connectivity index (χ4n) is 1.51. The monoisotopic (exact) mass is 170 g/mol. The minimum Gasteiger partial charge on any atom is -0.459 e. The van der Waals surface area contributed by atoms with Gasteiger partial charge in [-0.25, -0.2) is 0 Å². The van der Waals surface area contributed by atoms with Gasteiger partial charge in [0.05, 0.1) is 0 Å². The molecular formula is C10H18O2. The van der Waals surface area contributed by atoms with Gasteiger partial charge >= 0.3 is 5.97 Å². The van der Waals surface area contributed by atoms with Crippen LogP contribution in [0, 0.1) is 5.92 Å². The number of hydrogen-bond donors (Lipinski definition) is 0. The van der Waals surface area contributed by atoms with Gasteiger partial charge in [-0.15, -0.1) is 0 Å². The van der Waals surface area contributed by atoms with E-state index in [-0.39, 0.29) is 11.6 Å². The first-order valence-electron chi connectivity index (χ1n) is 4.74. The molecular weight excluding hydrogens is 152 g/mol. The van der Waals surface area contributed by atoms with Gasteiger partial charge in [-0.2, -0.15) is 0 Å². The Morgan fingerprint density at radius 2 is 2.25 bits per heavy atom. The van der Waals surface area contributed by atoms with Crippen molar-refractivity contribution in [2.45, 2.75) is 52.1 Å². The minimum atomic E-state index is -0.151. The van der Waals surface area contributed by atoms with Crippen LogP contribution in [-0.4, -0.2) is 11.6 Å². The quantitative estimate of drug-likeness (QED) is 0.608. The lowest BCUT2D eigenvalue weighted by molar-refractivity contribution is -0.147. The molecule has 0 spiro atoms. The topological polar surface area (TPSA) is 26.3 Å². The first kappa shape index (κ1) is 9.56. The van der Waals surface area contributed by atoms with Crippen molar-refractivity contribution in [1.29, 1.82) is 0 Å². The number of cyclic esters (lactones) is 1. The lowest BCUT2D eigenvalue weighted by Gasteiger charge is -2.23. The summed E-state index contributed by atoms with van der Waals surface area (Å²) in [7, 11) is 0. The van der Waals surface area contributed by atoms with E-state index in [4.69, 9.17) is 4.74 Å². The number of carbonyl (C=O) groups excluding carboxylic acids is 1. The van der Waals surface area contributed by atoms with Gasteiger partial charge in [0.25, 0.3) is 0 Å². The third-order valence-electron chi connectivity index (χ3n) is 2.47. The maximum Gasteiger partial charge on any atom is 0.306 e. The smallest absolute Gasteiger partial charge is 0.306 e. The Labute approximate surface area is 74.3 Å². The molecule has 12 heavy (non-hydrogen) atoms. The summed E-state index contributed by atoms with van der Waals surface area (Å²) in [6, 6.07) is 0. The van der Waals surface area contributed by atoms with Crippen molar-refractivity contribution in [3.63, 3.8) is 0 Å². The lowest BCUT2D eigenvalue weighted by Crippen LogP contribution is -2.24. The van der Waals surface area contributed by atoms with Gasteiger partial charge in [0.15, 0.2) is 0 Å². The highest BCUT2D eigenvalue weighted by Crippen LogP contribution is 2.31. The van der Waals surface area contributed by atoms with Crippen molar-refractivity contribution in [3.05, 3.63) is 0 Å². The standard InChI is InChI=1S/C10H18O2/c1-8(2)4-6-10(3)7-5-9(11)12-10/h8H,4-7H2,1-3H3. The average molecular weight is 170 g/mol. The van der Waals surface area contributed by atoms with E-state index in [1.807, 2.05) is 6.92 Å². The molecule has 1 saturated heterocycles. The Bertz CT molecular complexity index is 175. The Morgan fingerprint density at radius 1 is 1.58 bits per heavy atom. The van der Waals surface area contributed by atoms with E-state index in [0.717, 1.165) is 19.3 Å². The molecule has 0 radical (unpaired) electrons. The number of esters is 1. The van der Waals surface area contributed by atoms with Gasteiger partial charge in [-0.3, -0.25) is 4.79 Å². The Balaban J connectivity index is 2.35. The molecule has 0 aromatic carbocycles. The summed E-state index contributed by atoms with van der Waals surface area (Å²) in [6.07, 6.45) is 3.66. The zero-order valence-electron chi connectivity index (χ0n) is 8.22. The zero-order chi connectivity index (χ0) is 9.19. The lowest BCUT2D eigenvalue weighted by atomic mass is 9.93. The van der Waals surface area contributed by atoms with Gasteiger partial charge in [-0.05, 0) is 32.1 Å². The summed E-state index contributed by atoms with van der Waals surface area (Å²) in [5.41, 5.74) is -0.151. The number of hydrogen-bond acceptors (Lipinski definition) is 2. The molecule has 2 heteroatoms. The van der Waals surface area contributed by atoms with E-state index in [0.29, 0.717) is 12.3 Å². The largest absolute Gasteiger partial charge is 0.459 e. The van der Waals surface area contributed by atoms with E-state index in [1.54, 1.807) is 0 Å². The van der Waals surface area contributed by atoms with Gasteiger partial charge in [-0.1, -0.05) is 13.8 Å². The molecule has 1 aliphatic rings. The second kappa shape index (κ2) is 3.46. The van der Waals surface area contributed by atoms with E-state index < -0.39 is 0 Å². The highest BCUT2D eigenvalue weighted by molar-refractivity contribution is 5.72. The summed E-state index contributed by atoms with van der Waals surface area (Å²) < 4.78 is 5.26. The average Bonchev–Trinajstić information content (AvgIpc) is 2.29. The summed E-state index contributed by atoms with van der Waals surface area (Å²) in [4.78, 5) is 10.9. The van der Waals surface area contributed by atoms with Crippen molar-refractivity contribution >= 4 is 5.97 Å². The van der Waals surface area contributed by atoms with Crippen molar-refractivity contribution in [2.75, 3.05) is 0 Å². The second-order valence-corrected chi connectivity index (χ2v) is 4.36. The molecule has 1 fully saturated rings. The van der Waals surface area contributed by atoms with Crippen LogP contribution >= 0.6 is 0 Å². The fraction of sp³-hybridized carbons (Fsp3) is 0.900. The molecule has 1 atom stereocenters. The van der Waals surface area contributed by atoms with Crippen molar-refractivity contribution in [2.24, 2.45) is 5.92 Å². The summed E-state index contributed by atoms with van der Waals surface area (Å²) >= 11 is 0. The van der Waals surface area contributed by atoms with Crippen molar-refractivity contribution in [1.82, 2.24) is 0 Å². The van der Waals surface area contributed by atoms with Gasteiger partial charge < -0.3 is 4.74 Å². The Hall–Kier alpha value is -0.530. The van der Waals surface area contributed by atoms with Crippen LogP contribution < -0.4 is 0 Å².